The molecule has 5 aromatic heterocycles. The Bertz CT molecular complexity index is 5130. The first kappa shape index (κ1) is 81.4. The average molecular weight is 1520 g/mol. The SMILES string of the molecule is Cc1cc2c(cc1-c1cccc[n+]1C)C(C)(C)CCC2(C)C.Cc1ccc(-c2cc3c(c[n+]2C)C(C)(C)CCC3(C)C)c(C)c1.Cc1ccc(-c2cc3c(cc2C)C(C)(C)CCC3(C)C)[n+](C)c1.Cc1ccccc1-c1cc2c(c[n+]1C)C(C)(C)CCC2(C)C.[2H]C([2H])([2H])c1ccc(-c2cc3c(c[n+]2C)C(C)(C)CCC3(C)C)c(C)c1. The molecular weight excluding hydrogens is 1370 g/mol. The van der Waals surface area contributed by atoms with Gasteiger partial charge in [-0.25, -0.2) is 22.8 Å². The second kappa shape index (κ2) is 31.1. The third kappa shape index (κ3) is 17.5. The minimum Gasteiger partial charge on any atom is -0.201 e. The average Bonchev–Trinajstić information content (AvgIpc) is 0.763. The van der Waals surface area contributed by atoms with Gasteiger partial charge in [-0.15, -0.1) is 0 Å². The number of hydrogen-bond donors (Lipinski definition) is 0. The molecule has 598 valence electrons. The lowest BCUT2D eigenvalue weighted by Crippen LogP contribution is -2.40. The Morgan fingerprint density at radius 3 is 0.832 bits per heavy atom. The smallest absolute Gasteiger partial charge is 0.201 e. The van der Waals surface area contributed by atoms with Crippen LogP contribution in [0.5, 0.6) is 0 Å². The van der Waals surface area contributed by atoms with Gasteiger partial charge in [-0.3, -0.25) is 0 Å². The van der Waals surface area contributed by atoms with Crippen molar-refractivity contribution in [1.82, 2.24) is 0 Å². The third-order valence-electron chi connectivity index (χ3n) is 28.2. The van der Waals surface area contributed by atoms with Gasteiger partial charge in [0.25, 0.3) is 0 Å². The van der Waals surface area contributed by atoms with E-state index < -0.39 is 6.85 Å². The quantitative estimate of drug-likeness (QED) is 0.153. The second-order valence-corrected chi connectivity index (χ2v) is 42.1. The first-order valence-corrected chi connectivity index (χ1v) is 42.6. The predicted molar refractivity (Wildman–Crippen MR) is 480 cm³/mol. The van der Waals surface area contributed by atoms with Crippen molar-refractivity contribution >= 4 is 0 Å². The van der Waals surface area contributed by atoms with Crippen LogP contribution < -0.4 is 22.8 Å². The maximum Gasteiger partial charge on any atom is 0.212 e. The normalized spacial score (nSPS) is 19.2. The van der Waals surface area contributed by atoms with Gasteiger partial charge in [0, 0.05) is 90.6 Å². The molecule has 0 atom stereocenters. The molecule has 0 bridgehead atoms. The molecule has 5 nitrogen and oxygen atoms in total. The van der Waals surface area contributed by atoms with Crippen molar-refractivity contribution in [3.05, 3.63) is 265 Å². The molecule has 0 unspecified atom stereocenters. The highest BCUT2D eigenvalue weighted by molar-refractivity contribution is 5.69. The highest BCUT2D eigenvalue weighted by Crippen LogP contribution is 2.52. The van der Waals surface area contributed by atoms with E-state index in [9.17, 15) is 0 Å². The van der Waals surface area contributed by atoms with Gasteiger partial charge < -0.3 is 0 Å². The molecular formula is C108H146N5+5. The molecule has 0 saturated carbocycles. The molecule has 0 aliphatic heterocycles. The van der Waals surface area contributed by atoms with Gasteiger partial charge in [0.2, 0.25) is 28.5 Å². The summed E-state index contributed by atoms with van der Waals surface area (Å²) in [4.78, 5) is 0. The van der Waals surface area contributed by atoms with Gasteiger partial charge in [0.1, 0.15) is 35.2 Å². The van der Waals surface area contributed by atoms with Crippen LogP contribution in [-0.4, -0.2) is 0 Å². The van der Waals surface area contributed by atoms with E-state index in [1.54, 1.807) is 23.3 Å². The first-order valence-electron chi connectivity index (χ1n) is 44.1. The van der Waals surface area contributed by atoms with E-state index in [2.05, 4.69) is 384 Å². The first-order chi connectivity index (χ1) is 53.5. The van der Waals surface area contributed by atoms with Crippen molar-refractivity contribution in [3.8, 4) is 56.3 Å². The molecule has 10 aromatic rings. The minimum absolute atomic E-state index is 0.153. The van der Waals surface area contributed by atoms with Crippen LogP contribution in [0.2, 0.25) is 0 Å². The highest BCUT2D eigenvalue weighted by atomic mass is 14.9. The number of rotatable bonds is 5. The molecule has 0 amide bonds. The van der Waals surface area contributed by atoms with Crippen molar-refractivity contribution in [2.24, 2.45) is 35.2 Å². The molecule has 5 heterocycles. The van der Waals surface area contributed by atoms with Gasteiger partial charge in [-0.1, -0.05) is 204 Å². The summed E-state index contributed by atoms with van der Waals surface area (Å²) in [6, 6.07) is 48.9. The van der Waals surface area contributed by atoms with Crippen LogP contribution >= 0.6 is 0 Å². The van der Waals surface area contributed by atoms with Crippen LogP contribution in [0.1, 0.15) is 307 Å². The van der Waals surface area contributed by atoms with Crippen molar-refractivity contribution < 1.29 is 26.9 Å². The van der Waals surface area contributed by atoms with E-state index in [1.165, 1.54) is 187 Å². The van der Waals surface area contributed by atoms with Crippen LogP contribution in [-0.2, 0) is 89.4 Å². The fraction of sp³-hybridized carbons (Fsp3) is 0.491. The summed E-state index contributed by atoms with van der Waals surface area (Å²) in [7, 11) is 10.7. The molecule has 0 spiro atoms. The number of pyridine rings is 5. The number of aryl methyl sites for hydroxylation is 13. The lowest BCUT2D eigenvalue weighted by molar-refractivity contribution is -0.661. The van der Waals surface area contributed by atoms with Crippen LogP contribution in [0, 0.1) is 55.3 Å². The number of nitrogens with zero attached hydrogens (tertiary/aromatic N) is 5. The Labute approximate surface area is 691 Å². The molecule has 0 N–H and O–H groups in total. The Morgan fingerprint density at radius 2 is 0.496 bits per heavy atom. The van der Waals surface area contributed by atoms with E-state index in [1.807, 2.05) is 13.0 Å². The number of hydrogen-bond acceptors (Lipinski definition) is 0. The van der Waals surface area contributed by atoms with Crippen LogP contribution in [0.3, 0.4) is 0 Å². The zero-order valence-corrected chi connectivity index (χ0v) is 76.4. The number of benzene rings is 5. The minimum atomic E-state index is -2.06. The van der Waals surface area contributed by atoms with Crippen molar-refractivity contribution in [2.45, 2.75) is 312 Å². The zero-order chi connectivity index (χ0) is 85.7. The summed E-state index contributed by atoms with van der Waals surface area (Å²) in [6.45, 7) is 60.8. The van der Waals surface area contributed by atoms with E-state index in [0.29, 0.717) is 5.56 Å². The topological polar surface area (TPSA) is 19.4 Å². The largest absolute Gasteiger partial charge is 0.212 e. The molecule has 5 aromatic carbocycles. The molecule has 113 heavy (non-hydrogen) atoms. The van der Waals surface area contributed by atoms with E-state index in [0.717, 1.165) is 16.8 Å². The standard InChI is InChI=1S/3C22H30N.2C21H28N/c1-15-8-9-20(23(7)14-15)17-13-19-18(12-16(17)2)21(3,4)10-11-22(19,5)6;2*1-15-8-9-17(16(2)12-15)20-13-18-19(14-23(20)7)22(5,6)11-10-21(18,3)4;1-15-13-17-18(21(4,5)11-10-20(17,2)3)14-16(15)19-9-7-8-12-22(19)6;1-15-9-7-8-10-16(15)19-13-17-18(14-22(19)6)21(4,5)12-11-20(17,2)3/h3*8-9,12-14H,10-11H2,1-7H3;7-9,12-14H,10-11H2,1-6H3;7-10,13-14H,11-12H2,1-6H3/q5*+1/i;1D3;;;. The molecule has 0 saturated heterocycles. The van der Waals surface area contributed by atoms with E-state index in [4.69, 9.17) is 4.11 Å². The fourth-order valence-electron chi connectivity index (χ4n) is 19.5. The van der Waals surface area contributed by atoms with Gasteiger partial charge in [-0.05, 0) is 283 Å². The molecule has 5 aliphatic carbocycles. The monoisotopic (exact) mass is 1520 g/mol. The molecule has 5 heteroatoms. The molecule has 15 rings (SSSR count). The third-order valence-corrected chi connectivity index (χ3v) is 28.2. The maximum atomic E-state index is 7.64. The maximum absolute atomic E-state index is 7.64. The summed E-state index contributed by atoms with van der Waals surface area (Å²) in [6.07, 6.45) is 23.8. The lowest BCUT2D eigenvalue weighted by Gasteiger charge is -2.42. The zero-order valence-electron chi connectivity index (χ0n) is 79.4. The number of aromatic nitrogens is 5. The van der Waals surface area contributed by atoms with Gasteiger partial charge in [-0.2, -0.15) is 0 Å². The Balaban J connectivity index is 0.000000143. The summed E-state index contributed by atoms with van der Waals surface area (Å²) in [5.74, 6) is 0. The van der Waals surface area contributed by atoms with Crippen molar-refractivity contribution in [3.63, 3.8) is 0 Å². The van der Waals surface area contributed by atoms with Crippen molar-refractivity contribution in [2.75, 3.05) is 0 Å². The summed E-state index contributed by atoms with van der Waals surface area (Å²) in [5, 5.41) is 0. The van der Waals surface area contributed by atoms with Crippen LogP contribution in [0.4, 0.5) is 0 Å². The van der Waals surface area contributed by atoms with Gasteiger partial charge in [0.05, 0.1) is 0 Å². The summed E-state index contributed by atoms with van der Waals surface area (Å²) in [5.41, 5.74) is 40.0. The van der Waals surface area contributed by atoms with Gasteiger partial charge >= 0.3 is 0 Å². The molecule has 0 fully saturated rings. The predicted octanol–water partition coefficient (Wildman–Crippen LogP) is 25.1. The van der Waals surface area contributed by atoms with Gasteiger partial charge in [0.15, 0.2) is 31.0 Å². The van der Waals surface area contributed by atoms with Crippen LogP contribution in [0.15, 0.2) is 164 Å². The Kier molecular flexibility index (Phi) is 22.4. The van der Waals surface area contributed by atoms with Crippen molar-refractivity contribution in [1.29, 1.82) is 0 Å². The Hall–Kier alpha value is -8.15. The molecule has 5 aliphatic rings. The molecule has 0 radical (unpaired) electrons. The fourth-order valence-corrected chi connectivity index (χ4v) is 19.5. The number of fused-ring (bicyclic) bond motifs is 5. The Morgan fingerprint density at radius 1 is 0.221 bits per heavy atom. The van der Waals surface area contributed by atoms with E-state index in [-0.39, 0.29) is 54.1 Å². The summed E-state index contributed by atoms with van der Waals surface area (Å²) >= 11 is 0. The highest BCUT2D eigenvalue weighted by Gasteiger charge is 2.45. The van der Waals surface area contributed by atoms with E-state index >= 15 is 0 Å². The summed E-state index contributed by atoms with van der Waals surface area (Å²) < 4.78 is 34.2. The lowest BCUT2D eigenvalue weighted by atomic mass is 9.62. The van der Waals surface area contributed by atoms with Crippen LogP contribution in [0.25, 0.3) is 56.3 Å². The second-order valence-electron chi connectivity index (χ2n) is 42.1.